The predicted octanol–water partition coefficient (Wildman–Crippen LogP) is 2.80. The van der Waals surface area contributed by atoms with Crippen molar-refractivity contribution in [2.75, 3.05) is 18.6 Å². The highest BCUT2D eigenvalue weighted by molar-refractivity contribution is 7.98. The second-order valence-corrected chi connectivity index (χ2v) is 5.10. The van der Waals surface area contributed by atoms with E-state index < -0.39 is 0 Å². The van der Waals surface area contributed by atoms with Crippen molar-refractivity contribution in [3.05, 3.63) is 29.3 Å². The minimum atomic E-state index is -0.298. The van der Waals surface area contributed by atoms with Crippen molar-refractivity contribution in [3.8, 4) is 5.75 Å². The summed E-state index contributed by atoms with van der Waals surface area (Å²) in [6.45, 7) is 0.732. The van der Waals surface area contributed by atoms with Crippen molar-refractivity contribution in [1.82, 2.24) is 0 Å². The number of ether oxygens (including phenoxy) is 1. The quantitative estimate of drug-likeness (QED) is 0.818. The van der Waals surface area contributed by atoms with Crippen molar-refractivity contribution < 1.29 is 9.84 Å². The Kier molecular flexibility index (Phi) is 4.13. The number of aryl methyl sites for hydroxylation is 1. The van der Waals surface area contributed by atoms with E-state index in [0.717, 1.165) is 42.9 Å². The van der Waals surface area contributed by atoms with Gasteiger partial charge in [-0.25, -0.2) is 0 Å². The third-order valence-electron chi connectivity index (χ3n) is 2.96. The number of benzene rings is 1. The predicted molar refractivity (Wildman–Crippen MR) is 68.2 cm³/mol. The van der Waals surface area contributed by atoms with E-state index in [0.29, 0.717) is 0 Å². The van der Waals surface area contributed by atoms with Gasteiger partial charge in [0, 0.05) is 5.75 Å². The third-order valence-corrected chi connectivity index (χ3v) is 3.53. The van der Waals surface area contributed by atoms with E-state index >= 15 is 0 Å². The van der Waals surface area contributed by atoms with Gasteiger partial charge in [0.15, 0.2) is 0 Å². The molecule has 1 N–H and O–H groups in total. The molecule has 0 saturated heterocycles. The minimum Gasteiger partial charge on any atom is -0.493 e. The fraction of sp³-hybridized carbons (Fsp3) is 0.538. The Hall–Kier alpha value is -0.670. The van der Waals surface area contributed by atoms with Gasteiger partial charge >= 0.3 is 0 Å². The van der Waals surface area contributed by atoms with Crippen LogP contribution < -0.4 is 4.74 Å². The van der Waals surface area contributed by atoms with Crippen molar-refractivity contribution in [3.63, 3.8) is 0 Å². The summed E-state index contributed by atoms with van der Waals surface area (Å²) < 4.78 is 5.63. The molecule has 1 aromatic carbocycles. The Labute approximate surface area is 101 Å². The molecule has 0 saturated carbocycles. The molecular weight excluding hydrogens is 220 g/mol. The summed E-state index contributed by atoms with van der Waals surface area (Å²) in [7, 11) is 0. The number of hydrogen-bond donors (Lipinski definition) is 1. The highest BCUT2D eigenvalue weighted by Gasteiger charge is 2.18. The van der Waals surface area contributed by atoms with Crippen LogP contribution in [0.15, 0.2) is 18.2 Å². The Morgan fingerprint density at radius 3 is 3.19 bits per heavy atom. The maximum atomic E-state index is 9.90. The number of rotatable bonds is 4. The second-order valence-electron chi connectivity index (χ2n) is 4.11. The average Bonchev–Trinajstić information content (AvgIpc) is 2.30. The zero-order chi connectivity index (χ0) is 11.4. The number of thioether (sulfide) groups is 1. The van der Waals surface area contributed by atoms with Gasteiger partial charge in [0.2, 0.25) is 0 Å². The van der Waals surface area contributed by atoms with Crippen LogP contribution in [0.3, 0.4) is 0 Å². The molecule has 0 radical (unpaired) electrons. The molecule has 0 aromatic heterocycles. The van der Waals surface area contributed by atoms with Crippen LogP contribution >= 0.6 is 11.8 Å². The largest absolute Gasteiger partial charge is 0.493 e. The van der Waals surface area contributed by atoms with E-state index in [9.17, 15) is 5.11 Å². The summed E-state index contributed by atoms with van der Waals surface area (Å²) in [5.74, 6) is 1.88. The summed E-state index contributed by atoms with van der Waals surface area (Å²) in [6, 6.07) is 6.10. The summed E-state index contributed by atoms with van der Waals surface area (Å²) in [6.07, 6.45) is 4.81. The molecule has 1 aromatic rings. The SMILES string of the molecule is CSCCOc1ccc2c(c1)[C@H](O)CCC2. The zero-order valence-corrected chi connectivity index (χ0v) is 10.4. The van der Waals surface area contributed by atoms with Gasteiger partial charge in [-0.15, -0.1) is 0 Å². The molecule has 1 aliphatic rings. The molecule has 1 aliphatic carbocycles. The second kappa shape index (κ2) is 5.60. The van der Waals surface area contributed by atoms with Crippen LogP contribution in [0.25, 0.3) is 0 Å². The first-order valence-corrected chi connectivity index (χ1v) is 7.13. The van der Waals surface area contributed by atoms with Crippen LogP contribution in [-0.4, -0.2) is 23.7 Å². The van der Waals surface area contributed by atoms with Crippen LogP contribution in [0.2, 0.25) is 0 Å². The number of fused-ring (bicyclic) bond motifs is 1. The molecule has 0 bridgehead atoms. The minimum absolute atomic E-state index is 0.298. The van der Waals surface area contributed by atoms with Crippen molar-refractivity contribution in [1.29, 1.82) is 0 Å². The molecule has 0 unspecified atom stereocenters. The summed E-state index contributed by atoms with van der Waals surface area (Å²) in [5, 5.41) is 9.90. The lowest BCUT2D eigenvalue weighted by molar-refractivity contribution is 0.156. The van der Waals surface area contributed by atoms with Crippen molar-refractivity contribution in [2.24, 2.45) is 0 Å². The summed E-state index contributed by atoms with van der Waals surface area (Å²) in [4.78, 5) is 0. The van der Waals surface area contributed by atoms with Crippen LogP contribution in [0, 0.1) is 0 Å². The van der Waals surface area contributed by atoms with E-state index in [2.05, 4.69) is 12.3 Å². The standard InChI is InChI=1S/C13H18O2S/c1-16-8-7-15-11-6-5-10-3-2-4-13(14)12(10)9-11/h5-6,9,13-14H,2-4,7-8H2,1H3/t13-/m1/s1. The molecule has 2 rings (SSSR count). The topological polar surface area (TPSA) is 29.5 Å². The molecule has 1 atom stereocenters. The normalized spacial score (nSPS) is 19.2. The fourth-order valence-electron chi connectivity index (χ4n) is 2.08. The van der Waals surface area contributed by atoms with Gasteiger partial charge in [0.25, 0.3) is 0 Å². The van der Waals surface area contributed by atoms with Crippen LogP contribution in [0.5, 0.6) is 5.75 Å². The van der Waals surface area contributed by atoms with E-state index in [1.165, 1.54) is 5.56 Å². The maximum absolute atomic E-state index is 9.90. The molecule has 0 fully saturated rings. The third kappa shape index (κ3) is 2.71. The van der Waals surface area contributed by atoms with Crippen LogP contribution in [0.4, 0.5) is 0 Å². The lowest BCUT2D eigenvalue weighted by Gasteiger charge is -2.21. The van der Waals surface area contributed by atoms with Gasteiger partial charge in [-0.3, -0.25) is 0 Å². The van der Waals surface area contributed by atoms with Gasteiger partial charge in [-0.05, 0) is 48.8 Å². The van der Waals surface area contributed by atoms with Gasteiger partial charge in [0.1, 0.15) is 5.75 Å². The van der Waals surface area contributed by atoms with E-state index in [1.807, 2.05) is 12.1 Å². The number of aliphatic hydroxyl groups is 1. The van der Waals surface area contributed by atoms with Gasteiger partial charge in [-0.2, -0.15) is 11.8 Å². The first kappa shape index (κ1) is 11.8. The van der Waals surface area contributed by atoms with E-state index in [1.54, 1.807) is 11.8 Å². The number of aliphatic hydroxyl groups excluding tert-OH is 1. The molecule has 2 nitrogen and oxygen atoms in total. The summed E-state index contributed by atoms with van der Waals surface area (Å²) >= 11 is 1.78. The van der Waals surface area contributed by atoms with Gasteiger partial charge in [-0.1, -0.05) is 6.07 Å². The fourth-order valence-corrected chi connectivity index (χ4v) is 2.33. The molecule has 0 aliphatic heterocycles. The molecular formula is C13H18O2S. The monoisotopic (exact) mass is 238 g/mol. The van der Waals surface area contributed by atoms with E-state index in [-0.39, 0.29) is 6.10 Å². The van der Waals surface area contributed by atoms with Gasteiger partial charge in [0.05, 0.1) is 12.7 Å². The van der Waals surface area contributed by atoms with Crippen LogP contribution in [0.1, 0.15) is 30.1 Å². The molecule has 3 heteroatoms. The average molecular weight is 238 g/mol. The van der Waals surface area contributed by atoms with Gasteiger partial charge < -0.3 is 9.84 Å². The highest BCUT2D eigenvalue weighted by Crippen LogP contribution is 2.32. The molecule has 16 heavy (non-hydrogen) atoms. The Morgan fingerprint density at radius 1 is 1.50 bits per heavy atom. The summed E-state index contributed by atoms with van der Waals surface area (Å²) in [5.41, 5.74) is 2.34. The molecule has 0 amide bonds. The zero-order valence-electron chi connectivity index (χ0n) is 9.61. The number of hydrogen-bond acceptors (Lipinski definition) is 3. The Balaban J connectivity index is 2.08. The smallest absolute Gasteiger partial charge is 0.119 e. The maximum Gasteiger partial charge on any atom is 0.119 e. The van der Waals surface area contributed by atoms with Crippen molar-refractivity contribution >= 4 is 11.8 Å². The van der Waals surface area contributed by atoms with Crippen LogP contribution in [-0.2, 0) is 6.42 Å². The first-order chi connectivity index (χ1) is 7.81. The highest BCUT2D eigenvalue weighted by atomic mass is 32.2. The Bertz CT molecular complexity index is 352. The lowest BCUT2D eigenvalue weighted by Crippen LogP contribution is -2.09. The molecule has 0 heterocycles. The first-order valence-electron chi connectivity index (χ1n) is 5.74. The lowest BCUT2D eigenvalue weighted by atomic mass is 9.89. The molecule has 88 valence electrons. The Morgan fingerprint density at radius 2 is 2.38 bits per heavy atom. The van der Waals surface area contributed by atoms with Crippen molar-refractivity contribution in [2.45, 2.75) is 25.4 Å². The molecule has 0 spiro atoms. The van der Waals surface area contributed by atoms with E-state index in [4.69, 9.17) is 4.74 Å².